The zero-order chi connectivity index (χ0) is 16.4. The molecule has 0 aromatic heterocycles. The first-order valence-corrected chi connectivity index (χ1v) is 6.75. The summed E-state index contributed by atoms with van der Waals surface area (Å²) in [6, 6.07) is 2.86. The predicted octanol–water partition coefficient (Wildman–Crippen LogP) is 4.27. The number of halogens is 3. The van der Waals surface area contributed by atoms with Crippen molar-refractivity contribution in [3.05, 3.63) is 29.3 Å². The molecule has 0 heterocycles. The van der Waals surface area contributed by atoms with Crippen LogP contribution in [-0.4, -0.2) is 23.7 Å². The van der Waals surface area contributed by atoms with Gasteiger partial charge < -0.3 is 10.0 Å². The Hall–Kier alpha value is -1.72. The van der Waals surface area contributed by atoms with Gasteiger partial charge in [-0.15, -0.1) is 0 Å². The third-order valence-electron chi connectivity index (χ3n) is 3.05. The molecule has 0 aliphatic heterocycles. The number of hydrogen-bond donors (Lipinski definition) is 1. The highest BCUT2D eigenvalue weighted by molar-refractivity contribution is 5.94. The SMILES string of the molecule is CC(C)CN(c1ccc(C(F)(F)F)cc1C(=O)O)C(C)C. The molecule has 0 aliphatic rings. The maximum absolute atomic E-state index is 12.7. The van der Waals surface area contributed by atoms with Gasteiger partial charge in [0.25, 0.3) is 0 Å². The van der Waals surface area contributed by atoms with Gasteiger partial charge in [-0.2, -0.15) is 13.2 Å². The summed E-state index contributed by atoms with van der Waals surface area (Å²) in [5.74, 6) is -1.10. The summed E-state index contributed by atoms with van der Waals surface area (Å²) in [5, 5.41) is 9.23. The first-order chi connectivity index (χ1) is 9.54. The van der Waals surface area contributed by atoms with Crippen LogP contribution in [0.5, 0.6) is 0 Å². The Kier molecular flexibility index (Phi) is 5.25. The number of rotatable bonds is 5. The standard InChI is InChI=1S/C15H20F3NO2/c1-9(2)8-19(10(3)4)13-6-5-11(15(16,17)18)7-12(13)14(20)21/h5-7,9-10H,8H2,1-4H3,(H,20,21). The van der Waals surface area contributed by atoms with E-state index in [1.807, 2.05) is 32.6 Å². The number of hydrogen-bond acceptors (Lipinski definition) is 2. The van der Waals surface area contributed by atoms with E-state index in [1.54, 1.807) is 0 Å². The van der Waals surface area contributed by atoms with Crippen molar-refractivity contribution in [2.45, 2.75) is 39.9 Å². The molecule has 0 radical (unpaired) electrons. The fraction of sp³-hybridized carbons (Fsp3) is 0.533. The van der Waals surface area contributed by atoms with E-state index in [1.165, 1.54) is 6.07 Å². The normalized spacial score (nSPS) is 12.0. The van der Waals surface area contributed by atoms with Crippen LogP contribution in [0.1, 0.15) is 43.6 Å². The lowest BCUT2D eigenvalue weighted by Crippen LogP contribution is -2.35. The molecule has 0 saturated heterocycles. The largest absolute Gasteiger partial charge is 0.478 e. The van der Waals surface area contributed by atoms with Gasteiger partial charge in [0.1, 0.15) is 0 Å². The molecule has 0 saturated carbocycles. The summed E-state index contributed by atoms with van der Waals surface area (Å²) in [5.41, 5.74) is -0.949. The van der Waals surface area contributed by atoms with E-state index >= 15 is 0 Å². The van der Waals surface area contributed by atoms with Crippen molar-refractivity contribution in [2.24, 2.45) is 5.92 Å². The second-order valence-corrected chi connectivity index (χ2v) is 5.67. The summed E-state index contributed by atoms with van der Waals surface area (Å²) in [6.45, 7) is 8.28. The molecular weight excluding hydrogens is 283 g/mol. The molecule has 0 spiro atoms. The highest BCUT2D eigenvalue weighted by Gasteiger charge is 2.32. The average molecular weight is 303 g/mol. The highest BCUT2D eigenvalue weighted by Crippen LogP contribution is 2.33. The minimum absolute atomic E-state index is 0.0118. The number of anilines is 1. The van der Waals surface area contributed by atoms with Gasteiger partial charge in [0, 0.05) is 12.6 Å². The predicted molar refractivity (Wildman–Crippen MR) is 75.7 cm³/mol. The molecule has 0 fully saturated rings. The molecule has 6 heteroatoms. The van der Waals surface area contributed by atoms with Crippen LogP contribution in [0.2, 0.25) is 0 Å². The van der Waals surface area contributed by atoms with Crippen LogP contribution in [0.15, 0.2) is 18.2 Å². The van der Waals surface area contributed by atoms with Gasteiger partial charge in [0.15, 0.2) is 0 Å². The second kappa shape index (κ2) is 6.37. The summed E-state index contributed by atoms with van der Waals surface area (Å²) < 4.78 is 38.2. The van der Waals surface area contributed by atoms with E-state index < -0.39 is 17.7 Å². The molecule has 1 aromatic rings. The number of aromatic carboxylic acids is 1. The lowest BCUT2D eigenvalue weighted by Gasteiger charge is -2.32. The van der Waals surface area contributed by atoms with Gasteiger partial charge in [-0.25, -0.2) is 4.79 Å². The molecule has 1 N–H and O–H groups in total. The van der Waals surface area contributed by atoms with Crippen LogP contribution >= 0.6 is 0 Å². The maximum atomic E-state index is 12.7. The van der Waals surface area contributed by atoms with Crippen LogP contribution in [0.4, 0.5) is 18.9 Å². The molecule has 0 amide bonds. The van der Waals surface area contributed by atoms with Gasteiger partial charge in [-0.05, 0) is 38.0 Å². The summed E-state index contributed by atoms with van der Waals surface area (Å²) in [6.07, 6.45) is -4.55. The van der Waals surface area contributed by atoms with E-state index in [-0.39, 0.29) is 17.5 Å². The molecule has 0 aliphatic carbocycles. The van der Waals surface area contributed by atoms with E-state index in [0.717, 1.165) is 6.07 Å². The average Bonchev–Trinajstić information content (AvgIpc) is 2.33. The Bertz CT molecular complexity index is 510. The van der Waals surface area contributed by atoms with Gasteiger partial charge in [-0.3, -0.25) is 0 Å². The number of benzene rings is 1. The molecule has 21 heavy (non-hydrogen) atoms. The van der Waals surface area contributed by atoms with Crippen LogP contribution in [0.3, 0.4) is 0 Å². The minimum atomic E-state index is -4.55. The van der Waals surface area contributed by atoms with Gasteiger partial charge in [0.2, 0.25) is 0 Å². The first kappa shape index (κ1) is 17.3. The second-order valence-electron chi connectivity index (χ2n) is 5.67. The molecule has 1 aromatic carbocycles. The van der Waals surface area contributed by atoms with Crippen molar-refractivity contribution in [1.82, 2.24) is 0 Å². The number of carboxylic acid groups (broad SMARTS) is 1. The van der Waals surface area contributed by atoms with Crippen LogP contribution in [0, 0.1) is 5.92 Å². The third kappa shape index (κ3) is 4.37. The van der Waals surface area contributed by atoms with Crippen LogP contribution in [0.25, 0.3) is 0 Å². The van der Waals surface area contributed by atoms with E-state index in [4.69, 9.17) is 0 Å². The minimum Gasteiger partial charge on any atom is -0.478 e. The van der Waals surface area contributed by atoms with Crippen molar-refractivity contribution in [2.75, 3.05) is 11.4 Å². The zero-order valence-electron chi connectivity index (χ0n) is 12.5. The van der Waals surface area contributed by atoms with Gasteiger partial charge in [0.05, 0.1) is 16.8 Å². The van der Waals surface area contributed by atoms with Crippen molar-refractivity contribution in [3.8, 4) is 0 Å². The Morgan fingerprint density at radius 2 is 1.81 bits per heavy atom. The molecule has 0 unspecified atom stereocenters. The van der Waals surface area contributed by atoms with Crippen molar-refractivity contribution < 1.29 is 23.1 Å². The lowest BCUT2D eigenvalue weighted by atomic mass is 10.0. The third-order valence-corrected chi connectivity index (χ3v) is 3.05. The van der Waals surface area contributed by atoms with Gasteiger partial charge in [-0.1, -0.05) is 13.8 Å². The van der Waals surface area contributed by atoms with Gasteiger partial charge >= 0.3 is 12.1 Å². The molecule has 0 bridgehead atoms. The Balaban J connectivity index is 3.37. The lowest BCUT2D eigenvalue weighted by molar-refractivity contribution is -0.137. The fourth-order valence-corrected chi connectivity index (χ4v) is 2.11. The zero-order valence-corrected chi connectivity index (χ0v) is 12.5. The molecular formula is C15H20F3NO2. The first-order valence-electron chi connectivity index (χ1n) is 6.75. The summed E-state index contributed by atoms with van der Waals surface area (Å²) >= 11 is 0. The van der Waals surface area contributed by atoms with E-state index in [0.29, 0.717) is 18.3 Å². The van der Waals surface area contributed by atoms with Crippen LogP contribution < -0.4 is 4.90 Å². The maximum Gasteiger partial charge on any atom is 0.416 e. The molecule has 118 valence electrons. The Morgan fingerprint density at radius 3 is 2.19 bits per heavy atom. The van der Waals surface area contributed by atoms with Crippen molar-refractivity contribution >= 4 is 11.7 Å². The van der Waals surface area contributed by atoms with Crippen molar-refractivity contribution in [1.29, 1.82) is 0 Å². The highest BCUT2D eigenvalue weighted by atomic mass is 19.4. The van der Waals surface area contributed by atoms with Crippen LogP contribution in [-0.2, 0) is 6.18 Å². The molecule has 0 atom stereocenters. The quantitative estimate of drug-likeness (QED) is 0.883. The Morgan fingerprint density at radius 1 is 1.24 bits per heavy atom. The smallest absolute Gasteiger partial charge is 0.416 e. The molecule has 3 nitrogen and oxygen atoms in total. The van der Waals surface area contributed by atoms with E-state index in [2.05, 4.69) is 0 Å². The number of carboxylic acids is 1. The number of alkyl halides is 3. The number of nitrogens with zero attached hydrogens (tertiary/aromatic N) is 1. The fourth-order valence-electron chi connectivity index (χ4n) is 2.11. The summed E-state index contributed by atoms with van der Waals surface area (Å²) in [7, 11) is 0. The molecule has 1 rings (SSSR count). The monoisotopic (exact) mass is 303 g/mol. The van der Waals surface area contributed by atoms with Crippen molar-refractivity contribution in [3.63, 3.8) is 0 Å². The number of carbonyl (C=O) groups is 1. The Labute approximate surface area is 122 Å². The summed E-state index contributed by atoms with van der Waals surface area (Å²) in [4.78, 5) is 13.1. The van der Waals surface area contributed by atoms with E-state index in [9.17, 15) is 23.1 Å². The topological polar surface area (TPSA) is 40.5 Å².